The van der Waals surface area contributed by atoms with Crippen LogP contribution in [-0.2, 0) is 6.42 Å². The van der Waals surface area contributed by atoms with Crippen LogP contribution in [0, 0.1) is 5.41 Å². The third-order valence-corrected chi connectivity index (χ3v) is 2.97. The van der Waals surface area contributed by atoms with Gasteiger partial charge in [-0.1, -0.05) is 20.8 Å². The summed E-state index contributed by atoms with van der Waals surface area (Å²) in [6, 6.07) is 3.84. The molecular weight excluding hydrogens is 266 g/mol. The van der Waals surface area contributed by atoms with Gasteiger partial charge in [0.1, 0.15) is 15.9 Å². The zero-order chi connectivity index (χ0) is 11.9. The van der Waals surface area contributed by atoms with E-state index in [-0.39, 0.29) is 5.41 Å². The van der Waals surface area contributed by atoms with E-state index in [1.54, 1.807) is 0 Å². The second-order valence-corrected chi connectivity index (χ2v) is 5.99. The van der Waals surface area contributed by atoms with Gasteiger partial charge in [-0.05, 0) is 33.5 Å². The van der Waals surface area contributed by atoms with E-state index in [9.17, 15) is 0 Å². The molecule has 2 aromatic rings. The molecule has 0 fully saturated rings. The summed E-state index contributed by atoms with van der Waals surface area (Å²) < 4.78 is 2.88. The van der Waals surface area contributed by atoms with Crippen molar-refractivity contribution in [3.8, 4) is 0 Å². The Bertz CT molecular complexity index is 523. The number of anilines is 1. The van der Waals surface area contributed by atoms with Crippen LogP contribution in [0.3, 0.4) is 0 Å². The maximum atomic E-state index is 5.94. The molecule has 86 valence electrons. The molecule has 0 saturated carbocycles. The van der Waals surface area contributed by atoms with Crippen molar-refractivity contribution in [1.29, 1.82) is 0 Å². The molecule has 2 rings (SSSR count). The first kappa shape index (κ1) is 11.5. The third kappa shape index (κ3) is 2.07. The molecule has 2 aromatic heterocycles. The number of rotatable bonds is 1. The summed E-state index contributed by atoms with van der Waals surface area (Å²) in [7, 11) is 0. The topological polar surface area (TPSA) is 43.3 Å². The number of hydrogen-bond donors (Lipinski definition) is 1. The molecule has 0 aromatic carbocycles. The van der Waals surface area contributed by atoms with Crippen LogP contribution in [0.5, 0.6) is 0 Å². The Morgan fingerprint density at radius 2 is 2.12 bits per heavy atom. The Morgan fingerprint density at radius 3 is 2.75 bits per heavy atom. The molecule has 0 aliphatic rings. The first-order valence-electron chi connectivity index (χ1n) is 5.29. The maximum Gasteiger partial charge on any atom is 0.134 e. The van der Waals surface area contributed by atoms with Crippen LogP contribution in [-0.4, -0.2) is 9.38 Å². The van der Waals surface area contributed by atoms with Crippen molar-refractivity contribution >= 4 is 27.1 Å². The van der Waals surface area contributed by atoms with Gasteiger partial charge >= 0.3 is 0 Å². The van der Waals surface area contributed by atoms with Crippen molar-refractivity contribution in [2.24, 2.45) is 5.41 Å². The van der Waals surface area contributed by atoms with Gasteiger partial charge in [-0.25, -0.2) is 4.98 Å². The monoisotopic (exact) mass is 281 g/mol. The summed E-state index contributed by atoms with van der Waals surface area (Å²) in [4.78, 5) is 4.54. The van der Waals surface area contributed by atoms with Crippen LogP contribution in [0.4, 0.5) is 5.69 Å². The number of halogens is 1. The molecule has 0 bridgehead atoms. The van der Waals surface area contributed by atoms with Gasteiger partial charge in [-0.15, -0.1) is 0 Å². The van der Waals surface area contributed by atoms with Crippen LogP contribution in [0.25, 0.3) is 5.52 Å². The van der Waals surface area contributed by atoms with Crippen LogP contribution < -0.4 is 5.73 Å². The largest absolute Gasteiger partial charge is 0.397 e. The van der Waals surface area contributed by atoms with Gasteiger partial charge in [0, 0.05) is 12.6 Å². The second-order valence-electron chi connectivity index (χ2n) is 5.24. The predicted octanol–water partition coefficient (Wildman–Crippen LogP) is 3.27. The number of nitrogens with two attached hydrogens (primary N) is 1. The van der Waals surface area contributed by atoms with Gasteiger partial charge in [-0.2, -0.15) is 0 Å². The molecule has 3 nitrogen and oxygen atoms in total. The standard InChI is InChI=1S/C12H16BrN3/c1-12(2,3)7-9-15-11(13)10-8(14)5-4-6-16(9)10/h4-6H,7,14H2,1-3H3. The smallest absolute Gasteiger partial charge is 0.134 e. The summed E-state index contributed by atoms with van der Waals surface area (Å²) in [5.41, 5.74) is 7.87. The highest BCUT2D eigenvalue weighted by Crippen LogP contribution is 2.27. The first-order valence-corrected chi connectivity index (χ1v) is 6.09. The van der Waals surface area contributed by atoms with Gasteiger partial charge in [0.25, 0.3) is 0 Å². The molecule has 0 aliphatic carbocycles. The Labute approximate surface area is 104 Å². The number of pyridine rings is 1. The average Bonchev–Trinajstić information content (AvgIpc) is 2.42. The zero-order valence-corrected chi connectivity index (χ0v) is 11.4. The highest BCUT2D eigenvalue weighted by Gasteiger charge is 2.17. The minimum absolute atomic E-state index is 0.214. The van der Waals surface area contributed by atoms with E-state index >= 15 is 0 Å². The van der Waals surface area contributed by atoms with Gasteiger partial charge in [-0.3, -0.25) is 0 Å². The first-order chi connectivity index (χ1) is 7.38. The number of imidazole rings is 1. The molecule has 0 atom stereocenters. The second kappa shape index (κ2) is 3.77. The van der Waals surface area contributed by atoms with Crippen molar-refractivity contribution in [2.45, 2.75) is 27.2 Å². The zero-order valence-electron chi connectivity index (χ0n) is 9.79. The fourth-order valence-corrected chi connectivity index (χ4v) is 2.40. The number of nitrogen functional groups attached to an aromatic ring is 1. The lowest BCUT2D eigenvalue weighted by molar-refractivity contribution is 0.400. The molecule has 0 spiro atoms. The quantitative estimate of drug-likeness (QED) is 0.872. The Hall–Kier alpha value is -1.03. The molecule has 0 aliphatic heterocycles. The summed E-state index contributed by atoms with van der Waals surface area (Å²) in [5, 5.41) is 0. The van der Waals surface area contributed by atoms with Crippen LogP contribution >= 0.6 is 15.9 Å². The number of hydrogen-bond acceptors (Lipinski definition) is 2. The fraction of sp³-hybridized carbons (Fsp3) is 0.417. The van der Waals surface area contributed by atoms with E-state index < -0.39 is 0 Å². The van der Waals surface area contributed by atoms with Crippen molar-refractivity contribution in [2.75, 3.05) is 5.73 Å². The Balaban J connectivity index is 2.60. The van der Waals surface area contributed by atoms with Gasteiger partial charge in [0.2, 0.25) is 0 Å². The predicted molar refractivity (Wildman–Crippen MR) is 70.5 cm³/mol. The Kier molecular flexibility index (Phi) is 2.70. The summed E-state index contributed by atoms with van der Waals surface area (Å²) in [6.45, 7) is 6.61. The summed E-state index contributed by atoms with van der Waals surface area (Å²) in [6.07, 6.45) is 2.92. The van der Waals surface area contributed by atoms with Crippen LogP contribution in [0.1, 0.15) is 26.6 Å². The van der Waals surface area contributed by atoms with E-state index in [0.29, 0.717) is 0 Å². The highest BCUT2D eigenvalue weighted by molar-refractivity contribution is 9.10. The van der Waals surface area contributed by atoms with Crippen LogP contribution in [0.15, 0.2) is 22.9 Å². The van der Waals surface area contributed by atoms with E-state index in [1.807, 2.05) is 18.3 Å². The molecule has 0 radical (unpaired) electrons. The Morgan fingerprint density at radius 1 is 1.44 bits per heavy atom. The molecule has 16 heavy (non-hydrogen) atoms. The van der Waals surface area contributed by atoms with E-state index in [0.717, 1.165) is 28.1 Å². The van der Waals surface area contributed by atoms with E-state index in [2.05, 4.69) is 46.1 Å². The number of fused-ring (bicyclic) bond motifs is 1. The fourth-order valence-electron chi connectivity index (χ4n) is 1.78. The van der Waals surface area contributed by atoms with Gasteiger partial charge in [0.15, 0.2) is 0 Å². The molecule has 4 heteroatoms. The summed E-state index contributed by atoms with van der Waals surface area (Å²) >= 11 is 3.46. The van der Waals surface area contributed by atoms with Gasteiger partial charge < -0.3 is 10.1 Å². The van der Waals surface area contributed by atoms with E-state index in [1.165, 1.54) is 0 Å². The normalized spacial score (nSPS) is 12.2. The van der Waals surface area contributed by atoms with Crippen molar-refractivity contribution < 1.29 is 0 Å². The summed E-state index contributed by atoms with van der Waals surface area (Å²) in [5.74, 6) is 1.04. The van der Waals surface area contributed by atoms with Crippen molar-refractivity contribution in [3.05, 3.63) is 28.8 Å². The van der Waals surface area contributed by atoms with Crippen LogP contribution in [0.2, 0.25) is 0 Å². The lowest BCUT2D eigenvalue weighted by atomic mass is 9.92. The molecule has 0 amide bonds. The minimum atomic E-state index is 0.214. The number of aromatic nitrogens is 2. The third-order valence-electron chi connectivity index (χ3n) is 2.41. The molecule has 2 N–H and O–H groups in total. The lowest BCUT2D eigenvalue weighted by Gasteiger charge is -2.16. The molecular formula is C12H16BrN3. The SMILES string of the molecule is CC(C)(C)Cc1nc(Br)c2c(N)cccn12. The van der Waals surface area contributed by atoms with Gasteiger partial charge in [0.05, 0.1) is 5.69 Å². The highest BCUT2D eigenvalue weighted by atomic mass is 79.9. The van der Waals surface area contributed by atoms with Crippen molar-refractivity contribution in [1.82, 2.24) is 9.38 Å². The maximum absolute atomic E-state index is 5.94. The van der Waals surface area contributed by atoms with E-state index in [4.69, 9.17) is 5.73 Å². The minimum Gasteiger partial charge on any atom is -0.397 e. The molecule has 0 unspecified atom stereocenters. The van der Waals surface area contributed by atoms with Crippen molar-refractivity contribution in [3.63, 3.8) is 0 Å². The molecule has 0 saturated heterocycles. The number of nitrogens with zero attached hydrogens (tertiary/aromatic N) is 2. The average molecular weight is 282 g/mol. The molecule has 2 heterocycles. The lowest BCUT2D eigenvalue weighted by Crippen LogP contribution is -2.12.